The van der Waals surface area contributed by atoms with Gasteiger partial charge in [-0.05, 0) is 13.3 Å². The molecule has 1 aromatic heterocycles. The minimum absolute atomic E-state index is 0.141. The molecule has 0 amide bonds. The number of unbranched alkanes of at least 4 members (excludes halogenated alkanes) is 1. The van der Waals surface area contributed by atoms with Gasteiger partial charge in [0.25, 0.3) is 0 Å². The third kappa shape index (κ3) is 4.24. The lowest BCUT2D eigenvalue weighted by molar-refractivity contribution is 0.103. The van der Waals surface area contributed by atoms with Crippen LogP contribution < -0.4 is 5.32 Å². The first kappa shape index (κ1) is 15.4. The maximum Gasteiger partial charge on any atom is 0.151 e. The molecule has 18 heavy (non-hydrogen) atoms. The van der Waals surface area contributed by atoms with Gasteiger partial charge in [0.15, 0.2) is 5.15 Å². The standard InChI is InChI=1S/C12H22ClN3O2/c1-3-4-5-10-15-9(11(13)16-10)6-14-12(2,7-17)8-18/h14,17-18H,3-8H2,1-2H3,(H,15,16). The molecule has 0 bridgehead atoms. The number of nitrogens with one attached hydrogen (secondary N) is 2. The molecule has 0 aliphatic heterocycles. The summed E-state index contributed by atoms with van der Waals surface area (Å²) in [7, 11) is 0. The van der Waals surface area contributed by atoms with Crippen molar-refractivity contribution in [2.24, 2.45) is 0 Å². The molecule has 0 aliphatic carbocycles. The zero-order valence-electron chi connectivity index (χ0n) is 11.0. The van der Waals surface area contributed by atoms with Crippen LogP contribution in [-0.4, -0.2) is 38.9 Å². The number of hydrogen-bond acceptors (Lipinski definition) is 4. The Labute approximate surface area is 113 Å². The zero-order valence-corrected chi connectivity index (χ0v) is 11.7. The van der Waals surface area contributed by atoms with Gasteiger partial charge in [-0.25, -0.2) is 4.98 Å². The first-order chi connectivity index (χ1) is 8.54. The van der Waals surface area contributed by atoms with E-state index >= 15 is 0 Å². The summed E-state index contributed by atoms with van der Waals surface area (Å²) in [4.78, 5) is 7.41. The highest BCUT2D eigenvalue weighted by Gasteiger charge is 2.22. The lowest BCUT2D eigenvalue weighted by Crippen LogP contribution is -2.48. The molecule has 1 heterocycles. The molecular weight excluding hydrogens is 254 g/mol. The third-order valence-electron chi connectivity index (χ3n) is 2.93. The van der Waals surface area contributed by atoms with Crippen LogP contribution in [0.25, 0.3) is 0 Å². The molecule has 6 heteroatoms. The van der Waals surface area contributed by atoms with Crippen molar-refractivity contribution in [3.05, 3.63) is 16.7 Å². The Morgan fingerprint density at radius 1 is 1.39 bits per heavy atom. The lowest BCUT2D eigenvalue weighted by Gasteiger charge is -2.25. The number of aliphatic hydroxyl groups is 2. The number of nitrogens with zero attached hydrogens (tertiary/aromatic N) is 1. The number of aromatic nitrogens is 2. The average molecular weight is 276 g/mol. The highest BCUT2D eigenvalue weighted by Crippen LogP contribution is 2.15. The van der Waals surface area contributed by atoms with Gasteiger partial charge in [-0.1, -0.05) is 24.9 Å². The van der Waals surface area contributed by atoms with Gasteiger partial charge in [0.1, 0.15) is 5.82 Å². The van der Waals surface area contributed by atoms with Crippen LogP contribution in [-0.2, 0) is 13.0 Å². The van der Waals surface area contributed by atoms with Gasteiger partial charge < -0.3 is 20.5 Å². The fourth-order valence-electron chi connectivity index (χ4n) is 1.48. The van der Waals surface area contributed by atoms with Crippen molar-refractivity contribution in [3.8, 4) is 0 Å². The number of H-pyrrole nitrogens is 1. The van der Waals surface area contributed by atoms with Crippen molar-refractivity contribution in [2.75, 3.05) is 13.2 Å². The van der Waals surface area contributed by atoms with Crippen LogP contribution in [0.5, 0.6) is 0 Å². The van der Waals surface area contributed by atoms with Crippen molar-refractivity contribution < 1.29 is 10.2 Å². The van der Waals surface area contributed by atoms with E-state index in [1.54, 1.807) is 6.92 Å². The Morgan fingerprint density at radius 2 is 2.06 bits per heavy atom. The van der Waals surface area contributed by atoms with Crippen LogP contribution in [0.1, 0.15) is 38.2 Å². The lowest BCUT2D eigenvalue weighted by atomic mass is 10.1. The predicted molar refractivity (Wildman–Crippen MR) is 71.6 cm³/mol. The Bertz CT molecular complexity index is 364. The van der Waals surface area contributed by atoms with Gasteiger partial charge >= 0.3 is 0 Å². The van der Waals surface area contributed by atoms with Gasteiger partial charge in [0.2, 0.25) is 0 Å². The summed E-state index contributed by atoms with van der Waals surface area (Å²) in [5, 5.41) is 21.9. The molecule has 104 valence electrons. The second-order valence-corrected chi connectivity index (χ2v) is 5.14. The molecule has 0 unspecified atom stereocenters. The van der Waals surface area contributed by atoms with E-state index in [-0.39, 0.29) is 13.2 Å². The van der Waals surface area contributed by atoms with Crippen molar-refractivity contribution in [1.29, 1.82) is 0 Å². The quantitative estimate of drug-likeness (QED) is 0.575. The van der Waals surface area contributed by atoms with Gasteiger partial charge in [-0.3, -0.25) is 0 Å². The number of halogens is 1. The summed E-state index contributed by atoms with van der Waals surface area (Å²) in [5.41, 5.74) is 0.0776. The molecule has 0 aromatic carbocycles. The highest BCUT2D eigenvalue weighted by atomic mass is 35.5. The second kappa shape index (κ2) is 7.09. The van der Waals surface area contributed by atoms with Gasteiger partial charge in [-0.15, -0.1) is 0 Å². The minimum Gasteiger partial charge on any atom is -0.394 e. The highest BCUT2D eigenvalue weighted by molar-refractivity contribution is 6.30. The molecule has 0 atom stereocenters. The minimum atomic E-state index is -0.710. The molecular formula is C12H22ClN3O2. The number of aryl methyl sites for hydroxylation is 1. The number of aromatic amines is 1. The zero-order chi connectivity index (χ0) is 13.6. The second-order valence-electron chi connectivity index (χ2n) is 4.79. The average Bonchev–Trinajstić information content (AvgIpc) is 2.74. The Kier molecular flexibility index (Phi) is 6.08. The van der Waals surface area contributed by atoms with Crippen molar-refractivity contribution in [2.45, 2.75) is 45.2 Å². The van der Waals surface area contributed by atoms with Crippen molar-refractivity contribution in [3.63, 3.8) is 0 Å². The summed E-state index contributed by atoms with van der Waals surface area (Å²) >= 11 is 6.03. The molecule has 0 saturated carbocycles. The van der Waals surface area contributed by atoms with E-state index in [9.17, 15) is 10.2 Å². The number of aliphatic hydroxyl groups excluding tert-OH is 2. The monoisotopic (exact) mass is 275 g/mol. The van der Waals surface area contributed by atoms with Crippen molar-refractivity contribution >= 4 is 11.6 Å². The first-order valence-corrected chi connectivity index (χ1v) is 6.62. The Balaban J connectivity index is 2.59. The smallest absolute Gasteiger partial charge is 0.151 e. The molecule has 0 fully saturated rings. The van der Waals surface area contributed by atoms with E-state index in [1.807, 2.05) is 0 Å². The van der Waals surface area contributed by atoms with Crippen LogP contribution in [0.15, 0.2) is 0 Å². The van der Waals surface area contributed by atoms with Crippen molar-refractivity contribution in [1.82, 2.24) is 15.3 Å². The van der Waals surface area contributed by atoms with E-state index in [0.717, 1.165) is 30.8 Å². The van der Waals surface area contributed by atoms with E-state index in [4.69, 9.17) is 11.6 Å². The Morgan fingerprint density at radius 3 is 2.61 bits per heavy atom. The third-order valence-corrected chi connectivity index (χ3v) is 3.25. The molecule has 0 aliphatic rings. The fourth-order valence-corrected chi connectivity index (χ4v) is 1.70. The Hall–Kier alpha value is -0.620. The summed E-state index contributed by atoms with van der Waals surface area (Å²) < 4.78 is 0. The normalized spacial score (nSPS) is 12.1. The molecule has 4 N–H and O–H groups in total. The SMILES string of the molecule is CCCCc1nc(Cl)c(CNC(C)(CO)CO)[nH]1. The fraction of sp³-hybridized carbons (Fsp3) is 0.750. The summed E-state index contributed by atoms with van der Waals surface area (Å²) in [5.74, 6) is 0.883. The van der Waals surface area contributed by atoms with Crippen LogP contribution >= 0.6 is 11.6 Å². The van der Waals surface area contributed by atoms with E-state index in [0.29, 0.717) is 11.7 Å². The van der Waals surface area contributed by atoms with E-state index in [2.05, 4.69) is 22.2 Å². The van der Waals surface area contributed by atoms with Crippen LogP contribution in [0, 0.1) is 0 Å². The number of rotatable bonds is 8. The first-order valence-electron chi connectivity index (χ1n) is 6.24. The van der Waals surface area contributed by atoms with E-state index in [1.165, 1.54) is 0 Å². The molecule has 5 nitrogen and oxygen atoms in total. The van der Waals surface area contributed by atoms with Gasteiger partial charge in [0.05, 0.1) is 24.4 Å². The maximum atomic E-state index is 9.17. The summed E-state index contributed by atoms with van der Waals surface area (Å²) in [6.07, 6.45) is 3.06. The largest absolute Gasteiger partial charge is 0.394 e. The van der Waals surface area contributed by atoms with Crippen LogP contribution in [0.3, 0.4) is 0 Å². The molecule has 0 radical (unpaired) electrons. The number of imidazole rings is 1. The molecule has 1 aromatic rings. The topological polar surface area (TPSA) is 81.2 Å². The molecule has 0 spiro atoms. The van der Waals surface area contributed by atoms with Gasteiger partial charge in [-0.2, -0.15) is 0 Å². The maximum absolute atomic E-state index is 9.17. The summed E-state index contributed by atoms with van der Waals surface area (Å²) in [6, 6.07) is 0. The summed E-state index contributed by atoms with van der Waals surface area (Å²) in [6.45, 7) is 4.03. The van der Waals surface area contributed by atoms with E-state index < -0.39 is 5.54 Å². The predicted octanol–water partition coefficient (Wildman–Crippen LogP) is 1.24. The number of hydrogen-bond donors (Lipinski definition) is 4. The van der Waals surface area contributed by atoms with Gasteiger partial charge in [0, 0.05) is 13.0 Å². The van der Waals surface area contributed by atoms with Crippen LogP contribution in [0.4, 0.5) is 0 Å². The molecule has 0 saturated heterocycles. The van der Waals surface area contributed by atoms with Crippen LogP contribution in [0.2, 0.25) is 5.15 Å². The molecule has 1 rings (SSSR count).